The highest BCUT2D eigenvalue weighted by Gasteiger charge is 2.30. The highest BCUT2D eigenvalue weighted by Crippen LogP contribution is 2.19. The lowest BCUT2D eigenvalue weighted by molar-refractivity contribution is -0.154. The molecular formula is C33H40F3N6O6+. The van der Waals surface area contributed by atoms with Crippen molar-refractivity contribution in [2.75, 3.05) is 44.6 Å². The number of aromatic hydroxyl groups is 1. The van der Waals surface area contributed by atoms with Gasteiger partial charge in [0.2, 0.25) is 11.5 Å². The first kappa shape index (κ1) is 36.2. The van der Waals surface area contributed by atoms with Crippen molar-refractivity contribution in [1.82, 2.24) is 24.8 Å². The Hall–Kier alpha value is -4.63. The summed E-state index contributed by atoms with van der Waals surface area (Å²) in [6.07, 6.45) is -5.19. The summed E-state index contributed by atoms with van der Waals surface area (Å²) in [5, 5.41) is 23.0. The molecule has 2 aromatic carbocycles. The van der Waals surface area contributed by atoms with Crippen molar-refractivity contribution in [1.29, 1.82) is 0 Å². The molecule has 3 aromatic rings. The highest BCUT2D eigenvalue weighted by molar-refractivity contribution is 5.96. The van der Waals surface area contributed by atoms with E-state index in [4.69, 9.17) is 9.47 Å². The Labute approximate surface area is 276 Å². The van der Waals surface area contributed by atoms with Crippen molar-refractivity contribution in [3.05, 3.63) is 78.0 Å². The lowest BCUT2D eigenvalue weighted by Gasteiger charge is -2.35. The lowest BCUT2D eigenvalue weighted by Crippen LogP contribution is -2.51. The summed E-state index contributed by atoms with van der Waals surface area (Å²) in [6.45, 7) is 8.33. The van der Waals surface area contributed by atoms with Crippen LogP contribution in [0.5, 0.6) is 11.8 Å². The fourth-order valence-corrected chi connectivity index (χ4v) is 4.80. The molecular weight excluding hydrogens is 633 g/mol. The van der Waals surface area contributed by atoms with E-state index < -0.39 is 36.6 Å². The Morgan fingerprint density at radius 1 is 0.979 bits per heavy atom. The van der Waals surface area contributed by atoms with Crippen molar-refractivity contribution in [2.45, 2.75) is 57.5 Å². The number of nitrogens with zero attached hydrogens (tertiary/aromatic N) is 5. The molecule has 0 aliphatic carbocycles. The number of halogens is 3. The quantitative estimate of drug-likeness (QED) is 0.165. The summed E-state index contributed by atoms with van der Waals surface area (Å²) < 4.78 is 48.4. The molecule has 1 aromatic heterocycles. The number of rotatable bonds is 14. The van der Waals surface area contributed by atoms with Crippen LogP contribution in [-0.4, -0.2) is 104 Å². The van der Waals surface area contributed by atoms with Gasteiger partial charge >= 0.3 is 18.3 Å². The van der Waals surface area contributed by atoms with Gasteiger partial charge in [0.25, 0.3) is 0 Å². The maximum atomic E-state index is 12.8. The van der Waals surface area contributed by atoms with Crippen molar-refractivity contribution in [3.63, 3.8) is 0 Å². The average molecular weight is 674 g/mol. The van der Waals surface area contributed by atoms with Crippen LogP contribution in [0, 0.1) is 6.92 Å². The molecule has 15 heteroatoms. The second-order valence-electron chi connectivity index (χ2n) is 12.2. The standard InChI is InChI=1S/C33H39F3N6O6/c1-32(2,3)48-31(46)42-16-14-41(15-17-42)20-26(44)12-13-27(45)24-8-4-22(5-9-24)18-28-38-29(37-19-23-6-10-25(43)11-7-23)40-30(39-28)47-21-33(34,35)36/h4-11,26,44H,1,12-21H2,2-3H3,(H-,37,38,39,40,43)/p+1. The normalized spacial score (nSPS) is 14.8. The highest BCUT2D eigenvalue weighted by atomic mass is 19.4. The molecule has 2 heterocycles. The molecule has 3 N–H and O–H groups in total. The Balaban J connectivity index is 1.28. The van der Waals surface area contributed by atoms with Crippen molar-refractivity contribution < 1.29 is 42.4 Å². The number of carbonyl (C=O) groups excluding carboxylic acids is 2. The minimum Gasteiger partial charge on any atom is -0.508 e. The van der Waals surface area contributed by atoms with E-state index >= 15 is 0 Å². The number of aromatic nitrogens is 3. The molecule has 12 nitrogen and oxygen atoms in total. The number of piperazine rings is 1. The number of aliphatic hydroxyl groups is 1. The van der Waals surface area contributed by atoms with E-state index in [2.05, 4.69) is 27.2 Å². The van der Waals surface area contributed by atoms with Gasteiger partial charge in [0.1, 0.15) is 18.5 Å². The van der Waals surface area contributed by atoms with E-state index in [0.717, 1.165) is 5.56 Å². The van der Waals surface area contributed by atoms with E-state index in [1.54, 1.807) is 55.1 Å². The molecule has 0 spiro atoms. The number of hydrogen-bond acceptors (Lipinski definition) is 11. The number of Topliss-reactive ketones (excluding diaryl/α,β-unsaturated/α-hetero) is 1. The van der Waals surface area contributed by atoms with Crippen LogP contribution in [0.2, 0.25) is 0 Å². The topological polar surface area (TPSA) is 150 Å². The Morgan fingerprint density at radius 3 is 2.25 bits per heavy atom. The molecule has 0 saturated carbocycles. The molecule has 258 valence electrons. The number of anilines is 1. The van der Waals surface area contributed by atoms with Crippen molar-refractivity contribution in [3.8, 4) is 11.8 Å². The predicted molar refractivity (Wildman–Crippen MR) is 170 cm³/mol. The number of ether oxygens (including phenoxy) is 2. The fourth-order valence-electron chi connectivity index (χ4n) is 4.80. The molecule has 0 radical (unpaired) electrons. The Bertz CT molecular complexity index is 1510. The zero-order valence-corrected chi connectivity index (χ0v) is 26.9. The third-order valence-electron chi connectivity index (χ3n) is 7.22. The number of nitrogens with one attached hydrogen (secondary N) is 1. The predicted octanol–water partition coefficient (Wildman–Crippen LogP) is 4.41. The molecule has 1 amide bonds. The van der Waals surface area contributed by atoms with Crippen LogP contribution in [0.3, 0.4) is 0 Å². The zero-order chi connectivity index (χ0) is 34.9. The van der Waals surface area contributed by atoms with Gasteiger partial charge in [-0.2, -0.15) is 28.1 Å². The molecule has 1 saturated heterocycles. The number of aliphatic hydroxyl groups excluding tert-OH is 1. The lowest BCUT2D eigenvalue weighted by atomic mass is 10.0. The largest absolute Gasteiger partial charge is 0.508 e. The number of phenolic OH excluding ortho intramolecular Hbond substituents is 1. The molecule has 1 aliphatic rings. The number of carbonyl (C=O) groups is 2. The second-order valence-corrected chi connectivity index (χ2v) is 12.2. The fraction of sp³-hybridized carbons (Fsp3) is 0.455. The van der Waals surface area contributed by atoms with E-state index in [0.29, 0.717) is 43.9 Å². The summed E-state index contributed by atoms with van der Waals surface area (Å²) in [4.78, 5) is 41.0. The SMILES string of the molecule is [CH2+]C(C)(C)OC(=O)N1CCN(CC(O)CCC(=O)c2ccc(Cc3nc(NCc4ccc(O)cc4)nc(OCC(F)(F)F)n3)cc2)CC1. The Kier molecular flexibility index (Phi) is 12.1. The van der Waals surface area contributed by atoms with Crippen LogP contribution in [0.1, 0.15) is 54.0 Å². The summed E-state index contributed by atoms with van der Waals surface area (Å²) in [5.41, 5.74) is 1.11. The van der Waals surface area contributed by atoms with Crippen molar-refractivity contribution in [2.24, 2.45) is 0 Å². The third kappa shape index (κ3) is 12.2. The van der Waals surface area contributed by atoms with Gasteiger partial charge in [-0.3, -0.25) is 9.69 Å². The summed E-state index contributed by atoms with van der Waals surface area (Å²) >= 11 is 0. The number of alkyl halides is 3. The van der Waals surface area contributed by atoms with Crippen LogP contribution in [0.15, 0.2) is 48.5 Å². The zero-order valence-electron chi connectivity index (χ0n) is 26.9. The van der Waals surface area contributed by atoms with Gasteiger partial charge < -0.3 is 29.9 Å². The number of phenols is 1. The maximum Gasteiger partial charge on any atom is 0.422 e. The van der Waals surface area contributed by atoms with Gasteiger partial charge in [0.15, 0.2) is 12.4 Å². The average Bonchev–Trinajstić information content (AvgIpc) is 3.02. The van der Waals surface area contributed by atoms with Crippen molar-refractivity contribution >= 4 is 17.8 Å². The molecule has 1 atom stereocenters. The van der Waals surface area contributed by atoms with E-state index in [-0.39, 0.29) is 49.1 Å². The summed E-state index contributed by atoms with van der Waals surface area (Å²) in [7, 11) is 0. The second kappa shape index (κ2) is 16.0. The molecule has 1 aliphatic heterocycles. The summed E-state index contributed by atoms with van der Waals surface area (Å²) in [6, 6.07) is 12.5. The van der Waals surface area contributed by atoms with Crippen LogP contribution in [0.4, 0.5) is 23.9 Å². The molecule has 48 heavy (non-hydrogen) atoms. The van der Waals surface area contributed by atoms with E-state index in [1.807, 2.05) is 4.90 Å². The number of β-amino-alcohol motifs (C(OH)–C–C–N with tert-alkyl or cyclic N) is 1. The van der Waals surface area contributed by atoms with Gasteiger partial charge in [-0.05, 0) is 29.7 Å². The van der Waals surface area contributed by atoms with Gasteiger partial charge in [-0.25, -0.2) is 4.79 Å². The van der Waals surface area contributed by atoms with Gasteiger partial charge in [0.05, 0.1) is 6.10 Å². The van der Waals surface area contributed by atoms with Crippen LogP contribution in [-0.2, 0) is 17.7 Å². The molecule has 4 rings (SSSR count). The van der Waals surface area contributed by atoms with Crippen LogP contribution >= 0.6 is 0 Å². The van der Waals surface area contributed by atoms with Gasteiger partial charge in [0, 0.05) is 71.5 Å². The van der Waals surface area contributed by atoms with Crippen LogP contribution in [0.25, 0.3) is 0 Å². The van der Waals surface area contributed by atoms with Crippen LogP contribution < -0.4 is 10.1 Å². The molecule has 1 fully saturated rings. The monoisotopic (exact) mass is 673 g/mol. The smallest absolute Gasteiger partial charge is 0.422 e. The van der Waals surface area contributed by atoms with E-state index in [1.165, 1.54) is 12.1 Å². The molecule has 1 unspecified atom stereocenters. The van der Waals surface area contributed by atoms with Gasteiger partial charge in [-0.15, -0.1) is 0 Å². The third-order valence-corrected chi connectivity index (χ3v) is 7.22. The first-order valence-corrected chi connectivity index (χ1v) is 15.4. The maximum absolute atomic E-state index is 12.8. The minimum atomic E-state index is -4.58. The summed E-state index contributed by atoms with van der Waals surface area (Å²) in [5.74, 6) is 0.115. The van der Waals surface area contributed by atoms with Gasteiger partial charge in [-0.1, -0.05) is 36.4 Å². The van der Waals surface area contributed by atoms with E-state index in [9.17, 15) is 33.0 Å². The number of hydrogen-bond donors (Lipinski definition) is 3. The number of benzene rings is 2. The first-order chi connectivity index (χ1) is 22.6. The molecule has 0 bridgehead atoms. The Morgan fingerprint density at radius 2 is 1.62 bits per heavy atom. The number of ketones is 1. The first-order valence-electron chi connectivity index (χ1n) is 15.4. The number of amides is 1. The minimum absolute atomic E-state index is 0.0121.